The van der Waals surface area contributed by atoms with Crippen molar-refractivity contribution in [2.24, 2.45) is 0 Å². The van der Waals surface area contributed by atoms with E-state index in [1.54, 1.807) is 4.72 Å². The number of ether oxygens (including phenoxy) is 4. The Labute approximate surface area is 231 Å². The number of nitrogens with zero attached hydrogens (tertiary/aromatic N) is 1. The maximum atomic E-state index is 12.9. The van der Waals surface area contributed by atoms with Gasteiger partial charge in [0.2, 0.25) is 5.88 Å². The van der Waals surface area contributed by atoms with Crippen LogP contribution in [0.25, 0.3) is 0 Å². The summed E-state index contributed by atoms with van der Waals surface area (Å²) in [5.74, 6) is -0.110. The number of rotatable bonds is 11. The molecule has 0 aliphatic carbocycles. The number of halogens is 5. The normalized spacial score (nSPS) is 11.5. The predicted octanol–water partition coefficient (Wildman–Crippen LogP) is 5.81. The molecule has 0 bridgehead atoms. The first-order chi connectivity index (χ1) is 18.4. The number of methoxy groups -OCH3 is 1. The van der Waals surface area contributed by atoms with Crippen LogP contribution in [0.1, 0.15) is 11.1 Å². The van der Waals surface area contributed by atoms with Gasteiger partial charge in [-0.2, -0.15) is 21.6 Å². The molecule has 0 aliphatic rings. The summed E-state index contributed by atoms with van der Waals surface area (Å²) in [6.45, 7) is -0.0633. The molecule has 0 spiro atoms. The average Bonchev–Trinajstić information content (AvgIpc) is 2.85. The van der Waals surface area contributed by atoms with Crippen LogP contribution in [0.4, 0.5) is 23.7 Å². The highest BCUT2D eigenvalue weighted by atomic mass is 35.5. The number of alkyl halides is 3. The van der Waals surface area contributed by atoms with Crippen LogP contribution in [-0.4, -0.2) is 39.8 Å². The Hall–Kier alpha value is -3.46. The minimum atomic E-state index is -4.67. The van der Waals surface area contributed by atoms with Crippen LogP contribution < -0.4 is 18.9 Å². The van der Waals surface area contributed by atoms with E-state index in [1.165, 1.54) is 49.6 Å². The van der Waals surface area contributed by atoms with Gasteiger partial charge in [-0.25, -0.2) is 14.5 Å². The maximum Gasteiger partial charge on any atom is 0.422 e. The molecule has 2 aromatic carbocycles. The number of hydrogen-bond donors (Lipinski definition) is 2. The SMILES string of the molecule is COCCOc1ccc(COC(=O)NS(=O)(=O)Nc2ccc(Cl)cc2)c(Oc2ncc(C(F)(F)F)cc2Cl)c1. The number of pyridine rings is 1. The highest BCUT2D eigenvalue weighted by Crippen LogP contribution is 2.36. The van der Waals surface area contributed by atoms with E-state index in [-0.39, 0.29) is 41.8 Å². The predicted molar refractivity (Wildman–Crippen MR) is 135 cm³/mol. The molecule has 39 heavy (non-hydrogen) atoms. The summed E-state index contributed by atoms with van der Waals surface area (Å²) in [7, 11) is -2.87. The lowest BCUT2D eigenvalue weighted by Gasteiger charge is -2.15. The molecule has 0 unspecified atom stereocenters. The van der Waals surface area contributed by atoms with E-state index in [0.717, 1.165) is 0 Å². The second-order valence-corrected chi connectivity index (χ2v) is 9.77. The third-order valence-corrected chi connectivity index (χ3v) is 6.07. The molecule has 0 fully saturated rings. The molecule has 3 rings (SSSR count). The molecule has 0 atom stereocenters. The molecule has 1 aromatic heterocycles. The first kappa shape index (κ1) is 30.1. The Morgan fingerprint density at radius 2 is 1.77 bits per heavy atom. The first-order valence-corrected chi connectivity index (χ1v) is 13.0. The minimum absolute atomic E-state index is 0.0333. The Balaban J connectivity index is 1.74. The number of carbonyl (C=O) groups is 1. The van der Waals surface area contributed by atoms with Crippen LogP contribution >= 0.6 is 23.2 Å². The molecule has 0 saturated carbocycles. The second-order valence-electron chi connectivity index (χ2n) is 7.51. The van der Waals surface area contributed by atoms with E-state index in [1.807, 2.05) is 0 Å². The Bertz CT molecular complexity index is 1410. The molecule has 10 nitrogen and oxygen atoms in total. The lowest BCUT2D eigenvalue weighted by molar-refractivity contribution is -0.137. The second kappa shape index (κ2) is 13.1. The van der Waals surface area contributed by atoms with Crippen molar-refractivity contribution < 1.29 is 45.3 Å². The molecule has 3 aromatic rings. The van der Waals surface area contributed by atoms with Crippen LogP contribution in [0.15, 0.2) is 54.7 Å². The van der Waals surface area contributed by atoms with Crippen molar-refractivity contribution in [3.8, 4) is 17.4 Å². The number of aromatic nitrogens is 1. The lowest BCUT2D eigenvalue weighted by Crippen LogP contribution is -2.35. The van der Waals surface area contributed by atoms with Gasteiger partial charge < -0.3 is 18.9 Å². The number of hydrogen-bond acceptors (Lipinski definition) is 8. The van der Waals surface area contributed by atoms with Crippen LogP contribution in [0, 0.1) is 0 Å². The summed E-state index contributed by atoms with van der Waals surface area (Å²) < 4.78 is 88.1. The zero-order chi connectivity index (χ0) is 28.6. The Morgan fingerprint density at radius 1 is 1.05 bits per heavy atom. The largest absolute Gasteiger partial charge is 0.491 e. The molecule has 2 N–H and O–H groups in total. The van der Waals surface area contributed by atoms with Gasteiger partial charge in [-0.1, -0.05) is 23.2 Å². The van der Waals surface area contributed by atoms with Crippen LogP contribution in [0.3, 0.4) is 0 Å². The average molecular weight is 610 g/mol. The fourth-order valence-electron chi connectivity index (χ4n) is 2.82. The molecule has 1 amide bonds. The highest BCUT2D eigenvalue weighted by Gasteiger charge is 2.32. The molecule has 1 heterocycles. The van der Waals surface area contributed by atoms with Crippen molar-refractivity contribution in [1.82, 2.24) is 9.71 Å². The summed E-state index contributed by atoms with van der Waals surface area (Å²) in [5, 5.41) is -0.0502. The van der Waals surface area contributed by atoms with Gasteiger partial charge in [-0.3, -0.25) is 4.72 Å². The van der Waals surface area contributed by atoms with Crippen molar-refractivity contribution in [2.75, 3.05) is 25.0 Å². The van der Waals surface area contributed by atoms with Crippen LogP contribution in [0.5, 0.6) is 17.4 Å². The number of amides is 1. The minimum Gasteiger partial charge on any atom is -0.491 e. The summed E-state index contributed by atoms with van der Waals surface area (Å²) in [4.78, 5) is 15.8. The maximum absolute atomic E-state index is 12.9. The number of anilines is 1. The van der Waals surface area contributed by atoms with Crippen molar-refractivity contribution in [2.45, 2.75) is 12.8 Å². The summed E-state index contributed by atoms with van der Waals surface area (Å²) in [6.07, 6.45) is -5.45. The Morgan fingerprint density at radius 3 is 2.41 bits per heavy atom. The lowest BCUT2D eigenvalue weighted by atomic mass is 10.2. The zero-order valence-corrected chi connectivity index (χ0v) is 22.2. The van der Waals surface area contributed by atoms with E-state index in [4.69, 9.17) is 42.1 Å². The monoisotopic (exact) mass is 609 g/mol. The van der Waals surface area contributed by atoms with Crippen LogP contribution in [-0.2, 0) is 32.5 Å². The molecule has 16 heteroatoms. The third-order valence-electron chi connectivity index (χ3n) is 4.61. The van der Waals surface area contributed by atoms with Gasteiger partial charge in [-0.15, -0.1) is 0 Å². The smallest absolute Gasteiger partial charge is 0.422 e. The Kier molecular flexibility index (Phi) is 10.1. The van der Waals surface area contributed by atoms with Gasteiger partial charge in [0.1, 0.15) is 29.7 Å². The first-order valence-electron chi connectivity index (χ1n) is 10.7. The standard InChI is InChI=1S/C23H20Cl2F3N3O7S/c1-35-8-9-36-18-7-2-14(20(11-18)38-21-19(25)10-15(12-29-21)23(26,27)28)13-37-22(32)31-39(33,34)30-17-5-3-16(24)4-6-17/h2-7,10-12,30H,8-9,13H2,1H3,(H,31,32). The van der Waals surface area contributed by atoms with Crippen LogP contribution in [0.2, 0.25) is 10.0 Å². The molecular weight excluding hydrogens is 590 g/mol. The van der Waals surface area contributed by atoms with Gasteiger partial charge in [0, 0.05) is 30.0 Å². The van der Waals surface area contributed by atoms with Gasteiger partial charge in [0.05, 0.1) is 17.9 Å². The zero-order valence-electron chi connectivity index (χ0n) is 19.9. The molecule has 0 saturated heterocycles. The van der Waals surface area contributed by atoms with Gasteiger partial charge in [0.15, 0.2) is 0 Å². The van der Waals surface area contributed by atoms with E-state index in [9.17, 15) is 26.4 Å². The molecule has 0 radical (unpaired) electrons. The van der Waals surface area contributed by atoms with E-state index in [2.05, 4.69) is 9.71 Å². The van der Waals surface area contributed by atoms with Gasteiger partial charge >= 0.3 is 22.5 Å². The molecular formula is C23H20Cl2F3N3O7S. The number of benzene rings is 2. The van der Waals surface area contributed by atoms with Crippen molar-refractivity contribution in [3.05, 3.63) is 75.9 Å². The quantitative estimate of drug-likeness (QED) is 0.261. The van der Waals surface area contributed by atoms with E-state index < -0.39 is 39.7 Å². The molecule has 0 aliphatic heterocycles. The highest BCUT2D eigenvalue weighted by molar-refractivity contribution is 7.91. The topological polar surface area (TPSA) is 125 Å². The fraction of sp³-hybridized carbons (Fsp3) is 0.217. The van der Waals surface area contributed by atoms with Crippen molar-refractivity contribution in [1.29, 1.82) is 0 Å². The van der Waals surface area contributed by atoms with Gasteiger partial charge in [-0.05, 0) is 42.5 Å². The summed E-state index contributed by atoms with van der Waals surface area (Å²) >= 11 is 11.7. The van der Waals surface area contributed by atoms with E-state index >= 15 is 0 Å². The number of carbonyl (C=O) groups excluding carboxylic acids is 1. The summed E-state index contributed by atoms with van der Waals surface area (Å²) in [6, 6.07) is 10.6. The molecule has 210 valence electrons. The van der Waals surface area contributed by atoms with Crippen molar-refractivity contribution in [3.63, 3.8) is 0 Å². The van der Waals surface area contributed by atoms with Crippen molar-refractivity contribution >= 4 is 45.2 Å². The number of nitrogens with one attached hydrogen (secondary N) is 2. The fourth-order valence-corrected chi connectivity index (χ4v) is 3.93. The van der Waals surface area contributed by atoms with E-state index in [0.29, 0.717) is 17.3 Å². The third kappa shape index (κ3) is 9.35. The van der Waals surface area contributed by atoms with Gasteiger partial charge in [0.25, 0.3) is 0 Å². The summed E-state index contributed by atoms with van der Waals surface area (Å²) in [5.41, 5.74) is -0.754.